The van der Waals surface area contributed by atoms with E-state index in [0.29, 0.717) is 6.20 Å². The van der Waals surface area contributed by atoms with E-state index in [4.69, 9.17) is 0 Å². The lowest BCUT2D eigenvalue weighted by Crippen LogP contribution is -2.15. The van der Waals surface area contributed by atoms with Gasteiger partial charge in [-0.2, -0.15) is 13.2 Å². The van der Waals surface area contributed by atoms with Crippen LogP contribution in [0.3, 0.4) is 0 Å². The van der Waals surface area contributed by atoms with Crippen LogP contribution >= 0.6 is 0 Å². The van der Waals surface area contributed by atoms with Crippen molar-refractivity contribution in [1.82, 2.24) is 9.97 Å². The number of anilines is 1. The summed E-state index contributed by atoms with van der Waals surface area (Å²) >= 11 is 0. The Morgan fingerprint density at radius 2 is 2.00 bits per heavy atom. The highest BCUT2D eigenvalue weighted by Crippen LogP contribution is 2.28. The number of nitrogens with one attached hydrogen (secondary N) is 2. The second-order valence-corrected chi connectivity index (χ2v) is 5.05. The van der Waals surface area contributed by atoms with Crippen LogP contribution in [-0.4, -0.2) is 15.9 Å². The van der Waals surface area contributed by atoms with Gasteiger partial charge in [0.2, 0.25) is 5.91 Å². The van der Waals surface area contributed by atoms with E-state index in [9.17, 15) is 18.0 Å². The number of rotatable bonds is 3. The lowest BCUT2D eigenvalue weighted by molar-refractivity contribution is -0.137. The summed E-state index contributed by atoms with van der Waals surface area (Å²) in [5.74, 6) is -0.252. The number of fused-ring (bicyclic) bond motifs is 1. The molecule has 3 rings (SSSR count). The average Bonchev–Trinajstić information content (AvgIpc) is 2.94. The first-order valence-electron chi connectivity index (χ1n) is 6.81. The Hall–Kier alpha value is -2.83. The fraction of sp³-hybridized carbons (Fsp3) is 0.125. The number of hydrogen-bond donors (Lipinski definition) is 2. The van der Waals surface area contributed by atoms with Crippen LogP contribution in [0.25, 0.3) is 10.9 Å². The van der Waals surface area contributed by atoms with Gasteiger partial charge in [0.1, 0.15) is 5.82 Å². The molecule has 118 valence electrons. The van der Waals surface area contributed by atoms with Crippen LogP contribution in [0.15, 0.2) is 48.8 Å². The molecule has 0 atom stereocenters. The number of nitrogens with zero attached hydrogens (tertiary/aromatic N) is 1. The zero-order valence-corrected chi connectivity index (χ0v) is 11.8. The summed E-state index contributed by atoms with van der Waals surface area (Å²) in [5.41, 5.74) is 0.925. The summed E-state index contributed by atoms with van der Waals surface area (Å²) in [6.45, 7) is 0. The summed E-state index contributed by atoms with van der Waals surface area (Å²) in [6, 6.07) is 9.48. The van der Waals surface area contributed by atoms with E-state index < -0.39 is 11.7 Å². The second kappa shape index (κ2) is 5.75. The molecule has 2 heterocycles. The molecule has 2 aromatic heterocycles. The van der Waals surface area contributed by atoms with Gasteiger partial charge in [-0.3, -0.25) is 4.79 Å². The number of hydrogen-bond acceptors (Lipinski definition) is 2. The largest absolute Gasteiger partial charge is 0.417 e. The van der Waals surface area contributed by atoms with Crippen molar-refractivity contribution in [3.05, 3.63) is 59.9 Å². The first kappa shape index (κ1) is 15.1. The van der Waals surface area contributed by atoms with E-state index >= 15 is 0 Å². The predicted molar refractivity (Wildman–Crippen MR) is 79.9 cm³/mol. The fourth-order valence-corrected chi connectivity index (χ4v) is 2.22. The first-order chi connectivity index (χ1) is 10.9. The van der Waals surface area contributed by atoms with Crippen molar-refractivity contribution in [2.24, 2.45) is 0 Å². The van der Waals surface area contributed by atoms with Crippen molar-refractivity contribution in [3.63, 3.8) is 0 Å². The monoisotopic (exact) mass is 319 g/mol. The summed E-state index contributed by atoms with van der Waals surface area (Å²) in [4.78, 5) is 18.6. The molecular weight excluding hydrogens is 307 g/mol. The number of benzene rings is 1. The molecule has 0 spiro atoms. The number of pyridine rings is 1. The van der Waals surface area contributed by atoms with Gasteiger partial charge in [0.25, 0.3) is 0 Å². The van der Waals surface area contributed by atoms with Crippen LogP contribution in [0, 0.1) is 0 Å². The number of alkyl halides is 3. The molecule has 23 heavy (non-hydrogen) atoms. The van der Waals surface area contributed by atoms with Crippen molar-refractivity contribution >= 4 is 22.6 Å². The van der Waals surface area contributed by atoms with Gasteiger partial charge in [0.05, 0.1) is 12.0 Å². The minimum Gasteiger partial charge on any atom is -0.361 e. The van der Waals surface area contributed by atoms with E-state index in [2.05, 4.69) is 15.3 Å². The van der Waals surface area contributed by atoms with Gasteiger partial charge >= 0.3 is 6.18 Å². The summed E-state index contributed by atoms with van der Waals surface area (Å²) in [6.07, 6.45) is -1.83. The molecule has 0 fully saturated rings. The SMILES string of the molecule is O=C(Cc1ccc2[nH]ccc2c1)Nc1ccc(C(F)(F)F)cn1. The molecule has 1 amide bonds. The smallest absolute Gasteiger partial charge is 0.361 e. The molecule has 0 saturated heterocycles. The molecule has 0 saturated carbocycles. The first-order valence-corrected chi connectivity index (χ1v) is 6.81. The minimum atomic E-state index is -4.44. The number of amides is 1. The quantitative estimate of drug-likeness (QED) is 0.772. The van der Waals surface area contributed by atoms with Crippen LogP contribution in [0.4, 0.5) is 19.0 Å². The Morgan fingerprint density at radius 3 is 2.70 bits per heavy atom. The second-order valence-electron chi connectivity index (χ2n) is 5.05. The molecule has 0 bridgehead atoms. The molecule has 4 nitrogen and oxygen atoms in total. The molecule has 0 radical (unpaired) electrons. The molecular formula is C16H12F3N3O. The standard InChI is InChI=1S/C16H12F3N3O/c17-16(18,19)12-2-4-14(21-9-12)22-15(23)8-10-1-3-13-11(7-10)5-6-20-13/h1-7,9,20H,8H2,(H,21,22,23). The van der Waals surface area contributed by atoms with Crippen LogP contribution in [-0.2, 0) is 17.4 Å². The highest BCUT2D eigenvalue weighted by atomic mass is 19.4. The van der Waals surface area contributed by atoms with Crippen LogP contribution < -0.4 is 5.32 Å². The lowest BCUT2D eigenvalue weighted by Gasteiger charge is -2.08. The van der Waals surface area contributed by atoms with Crippen LogP contribution in [0.2, 0.25) is 0 Å². The summed E-state index contributed by atoms with van der Waals surface area (Å²) < 4.78 is 37.3. The van der Waals surface area contributed by atoms with Gasteiger partial charge in [0.15, 0.2) is 0 Å². The Kier molecular flexibility index (Phi) is 3.77. The fourth-order valence-electron chi connectivity index (χ4n) is 2.22. The van der Waals surface area contributed by atoms with Crippen molar-refractivity contribution in [3.8, 4) is 0 Å². The molecule has 2 N–H and O–H groups in total. The Morgan fingerprint density at radius 1 is 1.17 bits per heavy atom. The summed E-state index contributed by atoms with van der Waals surface area (Å²) in [7, 11) is 0. The molecule has 1 aromatic carbocycles. The van der Waals surface area contributed by atoms with E-state index in [0.717, 1.165) is 28.6 Å². The van der Waals surface area contributed by atoms with Crippen LogP contribution in [0.1, 0.15) is 11.1 Å². The zero-order valence-electron chi connectivity index (χ0n) is 11.8. The normalized spacial score (nSPS) is 11.6. The predicted octanol–water partition coefficient (Wildman–Crippen LogP) is 3.76. The molecule has 0 aliphatic carbocycles. The number of aromatic nitrogens is 2. The van der Waals surface area contributed by atoms with E-state index in [1.165, 1.54) is 0 Å². The minimum absolute atomic E-state index is 0.0886. The third kappa shape index (κ3) is 3.50. The number of aromatic amines is 1. The molecule has 0 aliphatic rings. The van der Waals surface area contributed by atoms with E-state index in [1.54, 1.807) is 6.20 Å². The number of H-pyrrole nitrogens is 1. The highest BCUT2D eigenvalue weighted by Gasteiger charge is 2.30. The topological polar surface area (TPSA) is 57.8 Å². The highest BCUT2D eigenvalue weighted by molar-refractivity contribution is 5.92. The molecule has 3 aromatic rings. The number of carbonyl (C=O) groups excluding carboxylic acids is 1. The van der Waals surface area contributed by atoms with Gasteiger partial charge in [-0.15, -0.1) is 0 Å². The van der Waals surface area contributed by atoms with Crippen LogP contribution in [0.5, 0.6) is 0 Å². The number of halogens is 3. The summed E-state index contributed by atoms with van der Waals surface area (Å²) in [5, 5.41) is 3.47. The van der Waals surface area contributed by atoms with Gasteiger partial charge < -0.3 is 10.3 Å². The van der Waals surface area contributed by atoms with Gasteiger partial charge in [-0.25, -0.2) is 4.98 Å². The van der Waals surface area contributed by atoms with E-state index in [-0.39, 0.29) is 18.1 Å². The van der Waals surface area contributed by atoms with Gasteiger partial charge in [-0.1, -0.05) is 6.07 Å². The molecule has 7 heteroatoms. The third-order valence-electron chi connectivity index (χ3n) is 3.34. The molecule has 0 unspecified atom stereocenters. The average molecular weight is 319 g/mol. The van der Waals surface area contributed by atoms with Crippen molar-refractivity contribution in [2.75, 3.05) is 5.32 Å². The lowest BCUT2D eigenvalue weighted by atomic mass is 10.1. The molecule has 0 aliphatic heterocycles. The third-order valence-corrected chi connectivity index (χ3v) is 3.34. The Bertz CT molecular complexity index is 838. The van der Waals surface area contributed by atoms with Gasteiger partial charge in [0, 0.05) is 17.9 Å². The Balaban J connectivity index is 1.66. The van der Waals surface area contributed by atoms with Crippen molar-refractivity contribution in [2.45, 2.75) is 12.6 Å². The van der Waals surface area contributed by atoms with Crippen molar-refractivity contribution < 1.29 is 18.0 Å². The van der Waals surface area contributed by atoms with Crippen molar-refractivity contribution in [1.29, 1.82) is 0 Å². The maximum absolute atomic E-state index is 12.4. The number of carbonyl (C=O) groups is 1. The maximum Gasteiger partial charge on any atom is 0.417 e. The van der Waals surface area contributed by atoms with Gasteiger partial charge in [-0.05, 0) is 41.3 Å². The Labute approximate surface area is 129 Å². The zero-order chi connectivity index (χ0) is 16.4. The van der Waals surface area contributed by atoms with E-state index in [1.807, 2.05) is 24.3 Å². The maximum atomic E-state index is 12.4.